The summed E-state index contributed by atoms with van der Waals surface area (Å²) in [5.41, 5.74) is 1.49. The molecule has 0 aliphatic rings. The summed E-state index contributed by atoms with van der Waals surface area (Å²) in [5.74, 6) is 0.821. The Morgan fingerprint density at radius 1 is 1.27 bits per heavy atom. The fraction of sp³-hybridized carbons (Fsp3) is 0.692. The Kier molecular flexibility index (Phi) is 5.96. The average Bonchev–Trinajstić information content (AvgIpc) is 2.70. The van der Waals surface area contributed by atoms with Crippen LogP contribution in [0.4, 0.5) is 0 Å². The van der Waals surface area contributed by atoms with E-state index in [0.29, 0.717) is 6.04 Å². The van der Waals surface area contributed by atoms with Gasteiger partial charge < -0.3 is 5.32 Å². The van der Waals surface area contributed by atoms with Gasteiger partial charge in [0.15, 0.2) is 0 Å². The van der Waals surface area contributed by atoms with Crippen LogP contribution in [0.3, 0.4) is 0 Å². The van der Waals surface area contributed by atoms with Gasteiger partial charge in [-0.1, -0.05) is 13.8 Å². The summed E-state index contributed by atoms with van der Waals surface area (Å²) in [6.45, 7) is 4.59. The van der Waals surface area contributed by atoms with Gasteiger partial charge in [0, 0.05) is 6.04 Å². The fourth-order valence-corrected chi connectivity index (χ4v) is 2.45. The van der Waals surface area contributed by atoms with Gasteiger partial charge in [-0.05, 0) is 61.0 Å². The first-order valence-corrected chi connectivity index (χ1v) is 6.85. The highest BCUT2D eigenvalue weighted by Crippen LogP contribution is 2.13. The SMILES string of the molecule is CNC(CCc1ccsc1)CCC(C)C. The number of nitrogens with one attached hydrogen (secondary N) is 1. The molecule has 0 aliphatic heterocycles. The number of thiophene rings is 1. The normalized spacial score (nSPS) is 13.3. The lowest BCUT2D eigenvalue weighted by Crippen LogP contribution is -2.26. The van der Waals surface area contributed by atoms with Gasteiger partial charge in [-0.15, -0.1) is 0 Å². The number of hydrogen-bond donors (Lipinski definition) is 1. The zero-order valence-corrected chi connectivity index (χ0v) is 10.9. The van der Waals surface area contributed by atoms with Gasteiger partial charge in [-0.25, -0.2) is 0 Å². The third-order valence-corrected chi connectivity index (χ3v) is 3.59. The van der Waals surface area contributed by atoms with Crippen molar-refractivity contribution in [1.82, 2.24) is 5.32 Å². The highest BCUT2D eigenvalue weighted by atomic mass is 32.1. The predicted molar refractivity (Wildman–Crippen MR) is 69.6 cm³/mol. The van der Waals surface area contributed by atoms with Gasteiger partial charge in [-0.2, -0.15) is 11.3 Å². The lowest BCUT2D eigenvalue weighted by molar-refractivity contribution is 0.433. The van der Waals surface area contributed by atoms with Crippen LogP contribution in [0.15, 0.2) is 16.8 Å². The van der Waals surface area contributed by atoms with E-state index in [1.165, 1.54) is 31.2 Å². The smallest absolute Gasteiger partial charge is 0.00673 e. The summed E-state index contributed by atoms with van der Waals surface area (Å²) >= 11 is 1.80. The van der Waals surface area contributed by atoms with Gasteiger partial charge in [-0.3, -0.25) is 0 Å². The zero-order chi connectivity index (χ0) is 11.1. The van der Waals surface area contributed by atoms with Crippen molar-refractivity contribution >= 4 is 11.3 Å². The van der Waals surface area contributed by atoms with Gasteiger partial charge in [0.1, 0.15) is 0 Å². The predicted octanol–water partition coefficient (Wildman–Crippen LogP) is 3.70. The minimum Gasteiger partial charge on any atom is -0.317 e. The van der Waals surface area contributed by atoms with Crippen LogP contribution in [0.25, 0.3) is 0 Å². The Morgan fingerprint density at radius 2 is 2.07 bits per heavy atom. The molecule has 0 amide bonds. The molecule has 1 aromatic heterocycles. The Balaban J connectivity index is 2.22. The number of rotatable bonds is 7. The molecule has 1 unspecified atom stereocenters. The van der Waals surface area contributed by atoms with Crippen LogP contribution in [-0.4, -0.2) is 13.1 Å². The molecule has 1 heterocycles. The third-order valence-electron chi connectivity index (χ3n) is 2.86. The Morgan fingerprint density at radius 3 is 2.60 bits per heavy atom. The van der Waals surface area contributed by atoms with Crippen molar-refractivity contribution in [3.8, 4) is 0 Å². The minimum atomic E-state index is 0.687. The lowest BCUT2D eigenvalue weighted by Gasteiger charge is -2.16. The summed E-state index contributed by atoms with van der Waals surface area (Å²) in [6, 6.07) is 2.92. The first kappa shape index (κ1) is 12.7. The monoisotopic (exact) mass is 225 g/mol. The topological polar surface area (TPSA) is 12.0 Å². The molecule has 0 aliphatic carbocycles. The second-order valence-corrected chi connectivity index (χ2v) is 5.41. The van der Waals surface area contributed by atoms with Crippen molar-refractivity contribution in [1.29, 1.82) is 0 Å². The molecule has 15 heavy (non-hydrogen) atoms. The summed E-state index contributed by atoms with van der Waals surface area (Å²) < 4.78 is 0. The fourth-order valence-electron chi connectivity index (χ4n) is 1.74. The van der Waals surface area contributed by atoms with Crippen molar-refractivity contribution in [2.75, 3.05) is 7.05 Å². The number of aryl methyl sites for hydroxylation is 1. The maximum absolute atomic E-state index is 3.42. The van der Waals surface area contributed by atoms with Crippen LogP contribution < -0.4 is 5.32 Å². The summed E-state index contributed by atoms with van der Waals surface area (Å²) in [7, 11) is 2.08. The first-order valence-electron chi connectivity index (χ1n) is 5.90. The van der Waals surface area contributed by atoms with E-state index in [0.717, 1.165) is 5.92 Å². The van der Waals surface area contributed by atoms with Crippen molar-refractivity contribution in [3.05, 3.63) is 22.4 Å². The first-order chi connectivity index (χ1) is 7.22. The maximum atomic E-state index is 3.42. The molecule has 1 atom stereocenters. The van der Waals surface area contributed by atoms with E-state index in [4.69, 9.17) is 0 Å². The van der Waals surface area contributed by atoms with E-state index in [9.17, 15) is 0 Å². The molecule has 0 fully saturated rings. The maximum Gasteiger partial charge on any atom is 0.00673 e. The molecule has 2 heteroatoms. The Bertz CT molecular complexity index is 241. The standard InChI is InChI=1S/C13H23NS/c1-11(2)4-6-13(14-3)7-5-12-8-9-15-10-12/h8-11,13-14H,4-7H2,1-3H3. The van der Waals surface area contributed by atoms with Gasteiger partial charge >= 0.3 is 0 Å². The molecule has 0 bridgehead atoms. The minimum absolute atomic E-state index is 0.687. The van der Waals surface area contributed by atoms with Gasteiger partial charge in [0.25, 0.3) is 0 Å². The van der Waals surface area contributed by atoms with Crippen LogP contribution in [0.5, 0.6) is 0 Å². The average molecular weight is 225 g/mol. The highest BCUT2D eigenvalue weighted by Gasteiger charge is 2.07. The zero-order valence-electron chi connectivity index (χ0n) is 10.1. The Labute approximate surface area is 97.9 Å². The molecule has 0 saturated heterocycles. The van der Waals surface area contributed by atoms with Crippen molar-refractivity contribution < 1.29 is 0 Å². The quantitative estimate of drug-likeness (QED) is 0.746. The molecule has 0 saturated carbocycles. The van der Waals surface area contributed by atoms with Gasteiger partial charge in [0.2, 0.25) is 0 Å². The molecule has 86 valence electrons. The molecule has 1 N–H and O–H groups in total. The van der Waals surface area contributed by atoms with E-state index >= 15 is 0 Å². The van der Waals surface area contributed by atoms with Crippen LogP contribution >= 0.6 is 11.3 Å². The molecular weight excluding hydrogens is 202 g/mol. The van der Waals surface area contributed by atoms with E-state index in [-0.39, 0.29) is 0 Å². The molecule has 1 rings (SSSR count). The third kappa shape index (κ3) is 5.33. The second-order valence-electron chi connectivity index (χ2n) is 4.63. The molecule has 1 nitrogen and oxygen atoms in total. The molecule has 0 aromatic carbocycles. The van der Waals surface area contributed by atoms with E-state index in [2.05, 4.69) is 43.0 Å². The Hall–Kier alpha value is -0.340. The van der Waals surface area contributed by atoms with Crippen molar-refractivity contribution in [2.24, 2.45) is 5.92 Å². The largest absolute Gasteiger partial charge is 0.317 e. The molecule has 0 spiro atoms. The molecular formula is C13H23NS. The van der Waals surface area contributed by atoms with E-state index < -0.39 is 0 Å². The summed E-state index contributed by atoms with van der Waals surface area (Å²) in [5, 5.41) is 7.85. The number of hydrogen-bond acceptors (Lipinski definition) is 2. The van der Waals surface area contributed by atoms with Crippen LogP contribution in [0.1, 0.15) is 38.7 Å². The van der Waals surface area contributed by atoms with E-state index in [1.807, 2.05) is 0 Å². The van der Waals surface area contributed by atoms with Crippen LogP contribution in [-0.2, 0) is 6.42 Å². The lowest BCUT2D eigenvalue weighted by atomic mass is 9.99. The van der Waals surface area contributed by atoms with Gasteiger partial charge in [0.05, 0.1) is 0 Å². The second kappa shape index (κ2) is 7.02. The van der Waals surface area contributed by atoms with E-state index in [1.54, 1.807) is 11.3 Å². The molecule has 1 aromatic rings. The van der Waals surface area contributed by atoms with Crippen molar-refractivity contribution in [3.63, 3.8) is 0 Å². The van der Waals surface area contributed by atoms with Crippen molar-refractivity contribution in [2.45, 2.75) is 45.6 Å². The molecule has 0 radical (unpaired) electrons. The summed E-state index contributed by atoms with van der Waals surface area (Å²) in [4.78, 5) is 0. The van der Waals surface area contributed by atoms with Crippen LogP contribution in [0.2, 0.25) is 0 Å². The summed E-state index contributed by atoms with van der Waals surface area (Å²) in [6.07, 6.45) is 5.11. The highest BCUT2D eigenvalue weighted by molar-refractivity contribution is 7.07. The van der Waals surface area contributed by atoms with Crippen LogP contribution in [0, 0.1) is 5.92 Å².